The van der Waals surface area contributed by atoms with Crippen LogP contribution >= 0.6 is 23.2 Å². The number of benzene rings is 1. The van der Waals surface area contributed by atoms with Crippen LogP contribution in [-0.4, -0.2) is 18.1 Å². The smallest absolute Gasteiger partial charge is 0.319 e. The fraction of sp³-hybridized carbons (Fsp3) is 0.417. The zero-order valence-corrected chi connectivity index (χ0v) is 11.3. The highest BCUT2D eigenvalue weighted by molar-refractivity contribution is 6.35. The van der Waals surface area contributed by atoms with Crippen molar-refractivity contribution in [3.63, 3.8) is 0 Å². The summed E-state index contributed by atoms with van der Waals surface area (Å²) in [5, 5.41) is 6.49. The Morgan fingerprint density at radius 3 is 2.78 bits per heavy atom. The summed E-state index contributed by atoms with van der Waals surface area (Å²) in [6.07, 6.45) is 2.91. The predicted molar refractivity (Wildman–Crippen MR) is 74.2 cm³/mol. The Balaban J connectivity index is 1.96. The van der Waals surface area contributed by atoms with E-state index in [4.69, 9.17) is 28.9 Å². The molecule has 2 rings (SSSR count). The molecule has 1 aliphatic rings. The van der Waals surface area contributed by atoms with E-state index in [1.54, 1.807) is 18.2 Å². The van der Waals surface area contributed by atoms with E-state index >= 15 is 0 Å². The first kappa shape index (κ1) is 13.5. The summed E-state index contributed by atoms with van der Waals surface area (Å²) in [5.41, 5.74) is 6.38. The largest absolute Gasteiger partial charge is 0.334 e. The average Bonchev–Trinajstić information content (AvgIpc) is 2.70. The monoisotopic (exact) mass is 287 g/mol. The summed E-state index contributed by atoms with van der Waals surface area (Å²) in [6, 6.07) is 4.67. The van der Waals surface area contributed by atoms with E-state index in [1.165, 1.54) is 0 Å². The van der Waals surface area contributed by atoms with Crippen LogP contribution in [0.5, 0.6) is 0 Å². The predicted octanol–water partition coefficient (Wildman–Crippen LogP) is 2.99. The molecular formula is C12H15Cl2N3O. The fourth-order valence-electron chi connectivity index (χ4n) is 2.09. The number of anilines is 1. The van der Waals surface area contributed by atoms with Crippen LogP contribution in [0.25, 0.3) is 0 Å². The summed E-state index contributed by atoms with van der Waals surface area (Å²) < 4.78 is 0. The number of nitrogens with one attached hydrogen (secondary N) is 2. The van der Waals surface area contributed by atoms with Crippen molar-refractivity contribution in [2.75, 3.05) is 5.32 Å². The molecule has 0 bridgehead atoms. The first-order valence-corrected chi connectivity index (χ1v) is 6.60. The molecule has 2 amide bonds. The molecule has 0 saturated heterocycles. The minimum Gasteiger partial charge on any atom is -0.334 e. The van der Waals surface area contributed by atoms with Crippen molar-refractivity contribution in [2.24, 2.45) is 5.73 Å². The summed E-state index contributed by atoms with van der Waals surface area (Å²) >= 11 is 11.8. The SMILES string of the molecule is NC1CCCC1NC(=O)Nc1cc(Cl)ccc1Cl. The second kappa shape index (κ2) is 5.78. The lowest BCUT2D eigenvalue weighted by molar-refractivity contribution is 0.247. The molecule has 1 saturated carbocycles. The first-order chi connectivity index (χ1) is 8.56. The van der Waals surface area contributed by atoms with Crippen LogP contribution in [0.1, 0.15) is 19.3 Å². The van der Waals surface area contributed by atoms with Gasteiger partial charge in [-0.05, 0) is 37.5 Å². The van der Waals surface area contributed by atoms with Gasteiger partial charge in [0.1, 0.15) is 0 Å². The van der Waals surface area contributed by atoms with Crippen molar-refractivity contribution in [2.45, 2.75) is 31.3 Å². The van der Waals surface area contributed by atoms with Gasteiger partial charge in [-0.2, -0.15) is 0 Å². The molecule has 0 aromatic heterocycles. The molecule has 1 fully saturated rings. The van der Waals surface area contributed by atoms with E-state index in [9.17, 15) is 4.79 Å². The van der Waals surface area contributed by atoms with Crippen LogP contribution in [0.2, 0.25) is 10.0 Å². The van der Waals surface area contributed by atoms with Gasteiger partial charge in [0.15, 0.2) is 0 Å². The summed E-state index contributed by atoms with van der Waals surface area (Å²) in [5.74, 6) is 0. The molecule has 0 heterocycles. The number of nitrogens with two attached hydrogens (primary N) is 1. The number of rotatable bonds is 2. The molecule has 2 atom stereocenters. The Kier molecular flexibility index (Phi) is 4.32. The maximum atomic E-state index is 11.8. The summed E-state index contributed by atoms with van der Waals surface area (Å²) in [6.45, 7) is 0. The Hall–Kier alpha value is -0.970. The number of amides is 2. The average molecular weight is 288 g/mol. The van der Waals surface area contributed by atoms with Crippen LogP contribution in [-0.2, 0) is 0 Å². The van der Waals surface area contributed by atoms with Gasteiger partial charge in [0.2, 0.25) is 0 Å². The zero-order chi connectivity index (χ0) is 13.1. The number of urea groups is 1. The van der Waals surface area contributed by atoms with Crippen LogP contribution in [0.4, 0.5) is 10.5 Å². The van der Waals surface area contributed by atoms with Gasteiger partial charge in [-0.25, -0.2) is 4.79 Å². The molecule has 98 valence electrons. The molecule has 6 heteroatoms. The number of hydrogen-bond donors (Lipinski definition) is 3. The van der Waals surface area contributed by atoms with E-state index in [-0.39, 0.29) is 18.1 Å². The molecule has 18 heavy (non-hydrogen) atoms. The van der Waals surface area contributed by atoms with Crippen LogP contribution < -0.4 is 16.4 Å². The van der Waals surface area contributed by atoms with E-state index in [0.717, 1.165) is 19.3 Å². The van der Waals surface area contributed by atoms with Crippen molar-refractivity contribution in [3.8, 4) is 0 Å². The van der Waals surface area contributed by atoms with Crippen molar-refractivity contribution < 1.29 is 4.79 Å². The minimum atomic E-state index is -0.304. The number of carbonyl (C=O) groups excluding carboxylic acids is 1. The highest BCUT2D eigenvalue weighted by Crippen LogP contribution is 2.25. The van der Waals surface area contributed by atoms with Gasteiger partial charge in [-0.1, -0.05) is 23.2 Å². The molecule has 1 aliphatic carbocycles. The highest BCUT2D eigenvalue weighted by Gasteiger charge is 2.25. The van der Waals surface area contributed by atoms with E-state index in [0.29, 0.717) is 15.7 Å². The van der Waals surface area contributed by atoms with Crippen LogP contribution in [0.15, 0.2) is 18.2 Å². The summed E-state index contributed by atoms with van der Waals surface area (Å²) in [7, 11) is 0. The van der Waals surface area contributed by atoms with Gasteiger partial charge < -0.3 is 16.4 Å². The Bertz CT molecular complexity index is 453. The third-order valence-electron chi connectivity index (χ3n) is 3.06. The van der Waals surface area contributed by atoms with Crippen LogP contribution in [0, 0.1) is 0 Å². The number of hydrogen-bond acceptors (Lipinski definition) is 2. The lowest BCUT2D eigenvalue weighted by Gasteiger charge is -2.18. The van der Waals surface area contributed by atoms with E-state index < -0.39 is 0 Å². The Morgan fingerprint density at radius 1 is 1.33 bits per heavy atom. The Labute approximate surface area is 116 Å². The van der Waals surface area contributed by atoms with Gasteiger partial charge in [-0.3, -0.25) is 0 Å². The summed E-state index contributed by atoms with van der Waals surface area (Å²) in [4.78, 5) is 11.8. The number of carbonyl (C=O) groups is 1. The van der Waals surface area contributed by atoms with Gasteiger partial charge in [-0.15, -0.1) is 0 Å². The van der Waals surface area contributed by atoms with Gasteiger partial charge >= 0.3 is 6.03 Å². The normalized spacial score (nSPS) is 22.8. The third-order valence-corrected chi connectivity index (χ3v) is 3.63. The van der Waals surface area contributed by atoms with Crippen LogP contribution in [0.3, 0.4) is 0 Å². The molecule has 0 spiro atoms. The van der Waals surface area contributed by atoms with E-state index in [2.05, 4.69) is 10.6 Å². The van der Waals surface area contributed by atoms with Crippen molar-refractivity contribution in [1.82, 2.24) is 5.32 Å². The molecule has 4 nitrogen and oxygen atoms in total. The van der Waals surface area contributed by atoms with Crippen molar-refractivity contribution >= 4 is 34.9 Å². The van der Waals surface area contributed by atoms with Crippen molar-refractivity contribution in [1.29, 1.82) is 0 Å². The maximum absolute atomic E-state index is 11.8. The van der Waals surface area contributed by atoms with Gasteiger partial charge in [0.05, 0.1) is 10.7 Å². The lowest BCUT2D eigenvalue weighted by atomic mass is 10.2. The third kappa shape index (κ3) is 3.28. The van der Waals surface area contributed by atoms with E-state index in [1.807, 2.05) is 0 Å². The minimum absolute atomic E-state index is 0.0305. The number of halogens is 2. The second-order valence-electron chi connectivity index (χ2n) is 4.42. The topological polar surface area (TPSA) is 67.1 Å². The van der Waals surface area contributed by atoms with Gasteiger partial charge in [0, 0.05) is 17.1 Å². The zero-order valence-electron chi connectivity index (χ0n) is 9.75. The first-order valence-electron chi connectivity index (χ1n) is 5.84. The Morgan fingerprint density at radius 2 is 2.11 bits per heavy atom. The van der Waals surface area contributed by atoms with Gasteiger partial charge in [0.25, 0.3) is 0 Å². The maximum Gasteiger partial charge on any atom is 0.319 e. The standard InChI is InChI=1S/C12H15Cl2N3O/c13-7-4-5-8(14)11(6-7)17-12(18)16-10-3-1-2-9(10)15/h4-6,9-10H,1-3,15H2,(H2,16,17,18). The molecule has 1 aromatic carbocycles. The fourth-order valence-corrected chi connectivity index (χ4v) is 2.42. The second-order valence-corrected chi connectivity index (χ2v) is 5.27. The molecule has 2 unspecified atom stereocenters. The van der Waals surface area contributed by atoms with Crippen molar-refractivity contribution in [3.05, 3.63) is 28.2 Å². The molecule has 1 aromatic rings. The molecule has 4 N–H and O–H groups in total. The highest BCUT2D eigenvalue weighted by atomic mass is 35.5. The molecular weight excluding hydrogens is 273 g/mol. The quantitative estimate of drug-likeness (QED) is 0.783. The molecule has 0 radical (unpaired) electrons. The lowest BCUT2D eigenvalue weighted by Crippen LogP contribution is -2.45. The molecule has 0 aliphatic heterocycles.